The smallest absolute Gasteiger partial charge is 0.229 e. The number of anilines is 2. The molecule has 0 fully saturated rings. The molecule has 2 aromatic carbocycles. The molecule has 0 atom stereocenters. The Morgan fingerprint density at radius 2 is 1.74 bits per heavy atom. The van der Waals surface area contributed by atoms with E-state index in [1.807, 2.05) is 31.2 Å². The number of hydrogen-bond acceptors (Lipinski definition) is 3. The Labute approximate surface area is 134 Å². The van der Waals surface area contributed by atoms with Gasteiger partial charge in [-0.15, -0.1) is 0 Å². The number of hydrogen-bond donors (Lipinski definition) is 2. The van der Waals surface area contributed by atoms with Gasteiger partial charge in [-0.3, -0.25) is 9.52 Å². The third kappa shape index (κ3) is 5.37. The highest BCUT2D eigenvalue weighted by Gasteiger charge is 2.12. The molecule has 0 aromatic heterocycles. The second kappa shape index (κ2) is 6.78. The van der Waals surface area contributed by atoms with E-state index in [1.54, 1.807) is 0 Å². The summed E-state index contributed by atoms with van der Waals surface area (Å²) in [6, 6.07) is 10.9. The zero-order valence-electron chi connectivity index (χ0n) is 12.8. The molecule has 2 rings (SSSR count). The van der Waals surface area contributed by atoms with Crippen LogP contribution in [0.5, 0.6) is 0 Å². The van der Waals surface area contributed by atoms with Crippen LogP contribution >= 0.6 is 0 Å². The molecule has 0 heterocycles. The maximum atomic E-state index is 13.4. The fourth-order valence-electron chi connectivity index (χ4n) is 1.99. The van der Waals surface area contributed by atoms with Gasteiger partial charge in [0.15, 0.2) is 0 Å². The number of sulfonamides is 1. The quantitative estimate of drug-likeness (QED) is 0.881. The van der Waals surface area contributed by atoms with Crippen molar-refractivity contribution in [2.24, 2.45) is 0 Å². The van der Waals surface area contributed by atoms with Gasteiger partial charge < -0.3 is 5.32 Å². The molecule has 122 valence electrons. The van der Waals surface area contributed by atoms with Crippen LogP contribution in [0.2, 0.25) is 0 Å². The molecule has 23 heavy (non-hydrogen) atoms. The Bertz CT molecular complexity index is 818. The van der Waals surface area contributed by atoms with Crippen LogP contribution in [0.25, 0.3) is 0 Å². The van der Waals surface area contributed by atoms with Crippen molar-refractivity contribution >= 4 is 27.3 Å². The van der Waals surface area contributed by atoms with E-state index in [0.717, 1.165) is 29.5 Å². The molecule has 0 aliphatic rings. The minimum absolute atomic E-state index is 0.0764. The number of carbonyl (C=O) groups excluding carboxylic acids is 1. The lowest BCUT2D eigenvalue weighted by atomic mass is 10.1. The monoisotopic (exact) mass is 336 g/mol. The third-order valence-corrected chi connectivity index (χ3v) is 3.63. The molecule has 2 aromatic rings. The lowest BCUT2D eigenvalue weighted by molar-refractivity contribution is -0.115. The molecule has 0 aliphatic heterocycles. The Morgan fingerprint density at radius 1 is 1.09 bits per heavy atom. The summed E-state index contributed by atoms with van der Waals surface area (Å²) in [5.74, 6) is -0.939. The van der Waals surface area contributed by atoms with Crippen molar-refractivity contribution in [1.29, 1.82) is 0 Å². The van der Waals surface area contributed by atoms with Crippen molar-refractivity contribution in [3.05, 3.63) is 59.4 Å². The van der Waals surface area contributed by atoms with Gasteiger partial charge in [-0.1, -0.05) is 29.8 Å². The summed E-state index contributed by atoms with van der Waals surface area (Å²) in [6.45, 7) is 1.94. The summed E-state index contributed by atoms with van der Waals surface area (Å²) in [7, 11) is -3.54. The zero-order valence-corrected chi connectivity index (χ0v) is 13.6. The Balaban J connectivity index is 2.16. The standard InChI is InChI=1S/C16H17FN2O3S/c1-11-3-5-12(6-4-11)9-16(20)18-15-10-13(17)7-8-14(15)19-23(2,21)22/h3-8,10,19H,9H2,1-2H3,(H,18,20). The Hall–Kier alpha value is -2.41. The summed E-state index contributed by atoms with van der Waals surface area (Å²) in [4.78, 5) is 12.1. The SMILES string of the molecule is Cc1ccc(CC(=O)Nc2cc(F)ccc2NS(C)(=O)=O)cc1. The van der Waals surface area contributed by atoms with Crippen LogP contribution < -0.4 is 10.0 Å². The van der Waals surface area contributed by atoms with Gasteiger partial charge in [0, 0.05) is 0 Å². The lowest BCUT2D eigenvalue weighted by Crippen LogP contribution is -2.17. The first-order valence-electron chi connectivity index (χ1n) is 6.86. The van der Waals surface area contributed by atoms with Crippen LogP contribution in [0.3, 0.4) is 0 Å². The number of benzene rings is 2. The van der Waals surface area contributed by atoms with Crippen LogP contribution in [0.1, 0.15) is 11.1 Å². The summed E-state index contributed by atoms with van der Waals surface area (Å²) < 4.78 is 38.3. The second-order valence-corrected chi connectivity index (χ2v) is 7.02. The highest BCUT2D eigenvalue weighted by Crippen LogP contribution is 2.24. The summed E-state index contributed by atoms with van der Waals surface area (Å²) >= 11 is 0. The topological polar surface area (TPSA) is 75.3 Å². The number of carbonyl (C=O) groups is 1. The predicted octanol–water partition coefficient (Wildman–Crippen LogP) is 2.69. The summed E-state index contributed by atoms with van der Waals surface area (Å²) in [5, 5.41) is 2.53. The van der Waals surface area contributed by atoms with E-state index in [4.69, 9.17) is 0 Å². The molecule has 0 unspecified atom stereocenters. The fraction of sp³-hybridized carbons (Fsp3) is 0.188. The third-order valence-electron chi connectivity index (χ3n) is 3.04. The van der Waals surface area contributed by atoms with Gasteiger partial charge in [-0.2, -0.15) is 0 Å². The zero-order chi connectivity index (χ0) is 17.0. The molecule has 0 saturated carbocycles. The van der Waals surface area contributed by atoms with E-state index in [9.17, 15) is 17.6 Å². The van der Waals surface area contributed by atoms with Gasteiger partial charge in [0.2, 0.25) is 15.9 Å². The van der Waals surface area contributed by atoms with Gasteiger partial charge >= 0.3 is 0 Å². The first-order valence-corrected chi connectivity index (χ1v) is 8.75. The predicted molar refractivity (Wildman–Crippen MR) is 88.4 cm³/mol. The number of aryl methyl sites for hydroxylation is 1. The number of halogens is 1. The molecule has 0 aliphatic carbocycles. The van der Waals surface area contributed by atoms with Crippen LogP contribution in [0, 0.1) is 12.7 Å². The first kappa shape index (κ1) is 17.0. The van der Waals surface area contributed by atoms with Crippen molar-refractivity contribution in [2.45, 2.75) is 13.3 Å². The molecule has 0 bridgehead atoms. The summed E-state index contributed by atoms with van der Waals surface area (Å²) in [5.41, 5.74) is 2.08. The molecule has 7 heteroatoms. The first-order chi connectivity index (χ1) is 10.7. The average molecular weight is 336 g/mol. The molecule has 1 amide bonds. The highest BCUT2D eigenvalue weighted by atomic mass is 32.2. The minimum atomic E-state index is -3.54. The maximum absolute atomic E-state index is 13.4. The van der Waals surface area contributed by atoms with Crippen LogP contribution in [-0.4, -0.2) is 20.6 Å². The van der Waals surface area contributed by atoms with E-state index in [1.165, 1.54) is 6.07 Å². The molecule has 0 radical (unpaired) electrons. The number of nitrogens with one attached hydrogen (secondary N) is 2. The lowest BCUT2D eigenvalue weighted by Gasteiger charge is -2.12. The van der Waals surface area contributed by atoms with E-state index >= 15 is 0 Å². The van der Waals surface area contributed by atoms with Crippen LogP contribution in [-0.2, 0) is 21.2 Å². The van der Waals surface area contributed by atoms with Gasteiger partial charge in [0.1, 0.15) is 5.82 Å². The van der Waals surface area contributed by atoms with Crippen LogP contribution in [0.4, 0.5) is 15.8 Å². The van der Waals surface area contributed by atoms with Crippen molar-refractivity contribution in [1.82, 2.24) is 0 Å². The largest absolute Gasteiger partial charge is 0.324 e. The molecular weight excluding hydrogens is 319 g/mol. The Kier molecular flexibility index (Phi) is 5.00. The second-order valence-electron chi connectivity index (χ2n) is 5.27. The maximum Gasteiger partial charge on any atom is 0.229 e. The van der Waals surface area contributed by atoms with Gasteiger partial charge in [0.05, 0.1) is 24.1 Å². The van der Waals surface area contributed by atoms with Gasteiger partial charge in [-0.05, 0) is 30.7 Å². The molecule has 2 N–H and O–H groups in total. The van der Waals surface area contributed by atoms with E-state index in [2.05, 4.69) is 10.0 Å². The van der Waals surface area contributed by atoms with E-state index in [0.29, 0.717) is 0 Å². The van der Waals surface area contributed by atoms with Crippen LogP contribution in [0.15, 0.2) is 42.5 Å². The molecule has 5 nitrogen and oxygen atoms in total. The number of rotatable bonds is 5. The molecular formula is C16H17FN2O3S. The molecule has 0 saturated heterocycles. The van der Waals surface area contributed by atoms with Crippen molar-refractivity contribution in [3.8, 4) is 0 Å². The minimum Gasteiger partial charge on any atom is -0.324 e. The van der Waals surface area contributed by atoms with Crippen molar-refractivity contribution < 1.29 is 17.6 Å². The van der Waals surface area contributed by atoms with E-state index < -0.39 is 15.8 Å². The average Bonchev–Trinajstić information content (AvgIpc) is 2.43. The van der Waals surface area contributed by atoms with E-state index in [-0.39, 0.29) is 23.7 Å². The number of amides is 1. The fourth-order valence-corrected chi connectivity index (χ4v) is 2.57. The van der Waals surface area contributed by atoms with Crippen molar-refractivity contribution in [2.75, 3.05) is 16.3 Å². The Morgan fingerprint density at radius 3 is 2.35 bits per heavy atom. The molecule has 0 spiro atoms. The normalized spacial score (nSPS) is 11.1. The highest BCUT2D eigenvalue weighted by molar-refractivity contribution is 7.92. The summed E-state index contributed by atoms with van der Waals surface area (Å²) in [6.07, 6.45) is 1.09. The van der Waals surface area contributed by atoms with Gasteiger partial charge in [-0.25, -0.2) is 12.8 Å². The van der Waals surface area contributed by atoms with Crippen molar-refractivity contribution in [3.63, 3.8) is 0 Å². The van der Waals surface area contributed by atoms with Gasteiger partial charge in [0.25, 0.3) is 0 Å².